The molecule has 15 heavy (non-hydrogen) atoms. The Kier molecular flexibility index (Phi) is 4.57. The summed E-state index contributed by atoms with van der Waals surface area (Å²) in [4.78, 5) is 10.7. The van der Waals surface area contributed by atoms with E-state index in [0.717, 1.165) is 5.56 Å². The molecule has 0 spiro atoms. The first-order chi connectivity index (χ1) is 7.24. The number of benzene rings is 1. The van der Waals surface area contributed by atoms with Crippen molar-refractivity contribution in [2.45, 2.75) is 13.0 Å². The van der Waals surface area contributed by atoms with Gasteiger partial charge in [0.25, 0.3) is 0 Å². The van der Waals surface area contributed by atoms with Crippen LogP contribution in [0, 0.1) is 0 Å². The van der Waals surface area contributed by atoms with Crippen LogP contribution in [0.25, 0.3) is 0 Å². The Balaban J connectivity index is 2.61. The average molecular weight is 205 g/mol. The van der Waals surface area contributed by atoms with Crippen LogP contribution in [0.3, 0.4) is 0 Å². The summed E-state index contributed by atoms with van der Waals surface area (Å²) in [5.41, 5.74) is 0.994. The van der Waals surface area contributed by atoms with E-state index < -0.39 is 0 Å². The van der Waals surface area contributed by atoms with Gasteiger partial charge in [0.1, 0.15) is 0 Å². The predicted molar refractivity (Wildman–Crippen MR) is 59.2 cm³/mol. The van der Waals surface area contributed by atoms with E-state index in [1.54, 1.807) is 6.20 Å². The van der Waals surface area contributed by atoms with Crippen LogP contribution < -0.4 is 5.32 Å². The molecule has 3 nitrogen and oxygen atoms in total. The summed E-state index contributed by atoms with van der Waals surface area (Å²) in [7, 11) is 0. The number of rotatable bonds is 5. The van der Waals surface area contributed by atoms with Gasteiger partial charge in [-0.25, -0.2) is 0 Å². The van der Waals surface area contributed by atoms with Crippen molar-refractivity contribution in [2.24, 2.45) is 0 Å². The van der Waals surface area contributed by atoms with Crippen molar-refractivity contribution in [1.82, 2.24) is 5.32 Å². The molecule has 0 aliphatic rings. The summed E-state index contributed by atoms with van der Waals surface area (Å²) >= 11 is 0. The number of carbonyl (C=O) groups excluding carboxylic acids is 1. The first kappa shape index (κ1) is 11.5. The minimum absolute atomic E-state index is 0.00768. The van der Waals surface area contributed by atoms with Crippen molar-refractivity contribution in [2.75, 3.05) is 6.61 Å². The van der Waals surface area contributed by atoms with E-state index in [-0.39, 0.29) is 18.4 Å². The fourth-order valence-corrected chi connectivity index (χ4v) is 1.22. The van der Waals surface area contributed by atoms with E-state index in [2.05, 4.69) is 5.32 Å². The van der Waals surface area contributed by atoms with Gasteiger partial charge in [0.15, 0.2) is 5.78 Å². The topological polar surface area (TPSA) is 49.3 Å². The molecule has 2 N–H and O–H groups in total. The van der Waals surface area contributed by atoms with Crippen LogP contribution in [0.15, 0.2) is 42.6 Å². The monoisotopic (exact) mass is 205 g/mol. The van der Waals surface area contributed by atoms with E-state index in [1.165, 1.54) is 13.0 Å². The van der Waals surface area contributed by atoms with Gasteiger partial charge in [-0.2, -0.15) is 0 Å². The molecular formula is C12H15NO2. The molecule has 0 saturated heterocycles. The number of hydrogen-bond donors (Lipinski definition) is 2. The highest BCUT2D eigenvalue weighted by molar-refractivity contribution is 5.87. The Hall–Kier alpha value is -1.61. The van der Waals surface area contributed by atoms with Gasteiger partial charge in [-0.3, -0.25) is 4.79 Å². The van der Waals surface area contributed by atoms with Crippen molar-refractivity contribution in [3.63, 3.8) is 0 Å². The molecule has 0 aliphatic carbocycles. The smallest absolute Gasteiger partial charge is 0.154 e. The van der Waals surface area contributed by atoms with Crippen LogP contribution in [0.4, 0.5) is 0 Å². The summed E-state index contributed by atoms with van der Waals surface area (Å²) in [5.74, 6) is -0.0211. The molecular weight excluding hydrogens is 190 g/mol. The van der Waals surface area contributed by atoms with Gasteiger partial charge in [-0.15, -0.1) is 0 Å². The predicted octanol–water partition coefficient (Wildman–Crippen LogP) is 1.41. The number of hydrogen-bond acceptors (Lipinski definition) is 3. The lowest BCUT2D eigenvalue weighted by Crippen LogP contribution is -2.19. The van der Waals surface area contributed by atoms with Crippen LogP contribution >= 0.6 is 0 Å². The van der Waals surface area contributed by atoms with E-state index in [0.29, 0.717) is 0 Å². The van der Waals surface area contributed by atoms with Gasteiger partial charge in [0, 0.05) is 6.20 Å². The maximum Gasteiger partial charge on any atom is 0.154 e. The SMILES string of the molecule is CC(=O)/C=C\NC(CO)c1ccccc1. The van der Waals surface area contributed by atoms with E-state index >= 15 is 0 Å². The lowest BCUT2D eigenvalue weighted by atomic mass is 10.1. The fraction of sp³-hybridized carbons (Fsp3) is 0.250. The molecule has 80 valence electrons. The van der Waals surface area contributed by atoms with Crippen LogP contribution in [0.2, 0.25) is 0 Å². The molecule has 0 saturated carbocycles. The molecule has 3 heteroatoms. The number of allylic oxidation sites excluding steroid dienone is 1. The molecule has 0 fully saturated rings. The molecule has 1 rings (SSSR count). The maximum atomic E-state index is 10.7. The second-order valence-electron chi connectivity index (χ2n) is 3.26. The van der Waals surface area contributed by atoms with Gasteiger partial charge in [-0.05, 0) is 18.6 Å². The normalized spacial score (nSPS) is 12.7. The molecule has 1 aromatic carbocycles. The summed E-state index contributed by atoms with van der Waals surface area (Å²) in [5, 5.41) is 12.1. The molecule has 1 aromatic rings. The average Bonchev–Trinajstić information content (AvgIpc) is 2.25. The zero-order chi connectivity index (χ0) is 11.1. The highest BCUT2D eigenvalue weighted by Gasteiger charge is 2.06. The largest absolute Gasteiger partial charge is 0.394 e. The summed E-state index contributed by atoms with van der Waals surface area (Å²) in [6.07, 6.45) is 3.00. The first-order valence-electron chi connectivity index (χ1n) is 4.83. The van der Waals surface area contributed by atoms with Crippen LogP contribution in [0.1, 0.15) is 18.5 Å². The molecule has 0 amide bonds. The maximum absolute atomic E-state index is 10.7. The second-order valence-corrected chi connectivity index (χ2v) is 3.26. The number of carbonyl (C=O) groups is 1. The van der Waals surface area contributed by atoms with Gasteiger partial charge in [-0.1, -0.05) is 30.3 Å². The molecule has 1 atom stereocenters. The molecule has 0 heterocycles. The Labute approximate surface area is 89.4 Å². The van der Waals surface area contributed by atoms with Gasteiger partial charge >= 0.3 is 0 Å². The summed E-state index contributed by atoms with van der Waals surface area (Å²) in [6.45, 7) is 1.47. The van der Waals surface area contributed by atoms with Gasteiger partial charge in [0.2, 0.25) is 0 Å². The zero-order valence-electron chi connectivity index (χ0n) is 8.68. The van der Waals surface area contributed by atoms with E-state index in [1.807, 2.05) is 30.3 Å². The second kappa shape index (κ2) is 5.98. The van der Waals surface area contributed by atoms with Crippen molar-refractivity contribution < 1.29 is 9.90 Å². The quantitative estimate of drug-likeness (QED) is 0.715. The highest BCUT2D eigenvalue weighted by Crippen LogP contribution is 2.10. The van der Waals surface area contributed by atoms with Crippen molar-refractivity contribution in [3.05, 3.63) is 48.2 Å². The number of ketones is 1. The van der Waals surface area contributed by atoms with Crippen LogP contribution in [0.5, 0.6) is 0 Å². The molecule has 0 bridgehead atoms. The Morgan fingerprint density at radius 3 is 2.67 bits per heavy atom. The van der Waals surface area contributed by atoms with Crippen LogP contribution in [-0.4, -0.2) is 17.5 Å². The lowest BCUT2D eigenvalue weighted by Gasteiger charge is -2.14. The summed E-state index contributed by atoms with van der Waals surface area (Å²) in [6, 6.07) is 9.43. The molecule has 0 aliphatic heterocycles. The van der Waals surface area contributed by atoms with Gasteiger partial charge < -0.3 is 10.4 Å². The third kappa shape index (κ3) is 3.95. The third-order valence-corrected chi connectivity index (χ3v) is 2.00. The fourth-order valence-electron chi connectivity index (χ4n) is 1.22. The number of aliphatic hydroxyl groups is 1. The Bertz CT molecular complexity index is 333. The van der Waals surface area contributed by atoms with Crippen LogP contribution in [-0.2, 0) is 4.79 Å². The standard InChI is InChI=1S/C12H15NO2/c1-10(15)7-8-13-12(9-14)11-5-3-2-4-6-11/h2-8,12-14H,9H2,1H3/b8-7-. The molecule has 0 radical (unpaired) electrons. The van der Waals surface area contributed by atoms with Crippen molar-refractivity contribution in [1.29, 1.82) is 0 Å². The third-order valence-electron chi connectivity index (χ3n) is 2.00. The first-order valence-corrected chi connectivity index (χ1v) is 4.83. The highest BCUT2D eigenvalue weighted by atomic mass is 16.3. The Morgan fingerprint density at radius 2 is 2.13 bits per heavy atom. The minimum atomic E-state index is -0.165. The van der Waals surface area contributed by atoms with Crippen molar-refractivity contribution >= 4 is 5.78 Å². The van der Waals surface area contributed by atoms with E-state index in [9.17, 15) is 4.79 Å². The molecule has 0 aromatic heterocycles. The number of aliphatic hydroxyl groups excluding tert-OH is 1. The minimum Gasteiger partial charge on any atom is -0.394 e. The Morgan fingerprint density at radius 1 is 1.47 bits per heavy atom. The summed E-state index contributed by atoms with van der Waals surface area (Å²) < 4.78 is 0. The lowest BCUT2D eigenvalue weighted by molar-refractivity contribution is -0.112. The number of nitrogens with one attached hydrogen (secondary N) is 1. The zero-order valence-corrected chi connectivity index (χ0v) is 8.68. The molecule has 1 unspecified atom stereocenters. The van der Waals surface area contributed by atoms with Crippen molar-refractivity contribution in [3.8, 4) is 0 Å². The van der Waals surface area contributed by atoms with Gasteiger partial charge in [0.05, 0.1) is 12.6 Å². The van der Waals surface area contributed by atoms with E-state index in [4.69, 9.17) is 5.11 Å².